The van der Waals surface area contributed by atoms with Crippen molar-refractivity contribution in [2.45, 2.75) is 38.8 Å². The van der Waals surface area contributed by atoms with E-state index in [9.17, 15) is 8.78 Å². The van der Waals surface area contributed by atoms with Gasteiger partial charge in [0.1, 0.15) is 0 Å². The standard InChI is InChI=1S/C13H18F2N2O/c1-9-4-2-3-7-17(9)10-5-6-11(16)12(8-10)18-13(14)15/h5-6,8-9,13H,2-4,7,16H2,1H3. The average Bonchev–Trinajstić information content (AvgIpc) is 2.32. The molecule has 0 aromatic heterocycles. The first-order valence-corrected chi connectivity index (χ1v) is 6.19. The molecule has 5 heteroatoms. The summed E-state index contributed by atoms with van der Waals surface area (Å²) in [5, 5.41) is 0. The summed E-state index contributed by atoms with van der Waals surface area (Å²) in [5.74, 6) is 0.0558. The average molecular weight is 256 g/mol. The van der Waals surface area contributed by atoms with Crippen LogP contribution in [0, 0.1) is 0 Å². The summed E-state index contributed by atoms with van der Waals surface area (Å²) in [6.07, 6.45) is 3.46. The first kappa shape index (κ1) is 12.9. The molecule has 1 aliphatic rings. The van der Waals surface area contributed by atoms with Crippen molar-refractivity contribution in [1.29, 1.82) is 0 Å². The van der Waals surface area contributed by atoms with Crippen molar-refractivity contribution in [3.63, 3.8) is 0 Å². The van der Waals surface area contributed by atoms with Gasteiger partial charge in [0.15, 0.2) is 5.75 Å². The molecule has 2 rings (SSSR count). The van der Waals surface area contributed by atoms with Gasteiger partial charge in [-0.05, 0) is 38.3 Å². The molecule has 0 aliphatic carbocycles. The van der Waals surface area contributed by atoms with Gasteiger partial charge in [0.05, 0.1) is 5.69 Å². The van der Waals surface area contributed by atoms with E-state index in [0.717, 1.165) is 25.1 Å². The van der Waals surface area contributed by atoms with Gasteiger partial charge < -0.3 is 15.4 Å². The molecule has 2 N–H and O–H groups in total. The van der Waals surface area contributed by atoms with Gasteiger partial charge in [-0.1, -0.05) is 0 Å². The van der Waals surface area contributed by atoms with E-state index in [4.69, 9.17) is 5.73 Å². The van der Waals surface area contributed by atoms with E-state index < -0.39 is 6.61 Å². The zero-order valence-electron chi connectivity index (χ0n) is 10.4. The lowest BCUT2D eigenvalue weighted by Gasteiger charge is -2.35. The van der Waals surface area contributed by atoms with Crippen LogP contribution in [0.3, 0.4) is 0 Å². The molecule has 1 aliphatic heterocycles. The monoisotopic (exact) mass is 256 g/mol. The lowest BCUT2D eigenvalue weighted by molar-refractivity contribution is -0.0493. The number of hydrogen-bond donors (Lipinski definition) is 1. The van der Waals surface area contributed by atoms with Gasteiger partial charge >= 0.3 is 6.61 Å². The third-order valence-electron chi connectivity index (χ3n) is 3.35. The molecule has 1 aromatic carbocycles. The number of rotatable bonds is 3. The second-order valence-corrected chi connectivity index (χ2v) is 4.64. The van der Waals surface area contributed by atoms with Crippen LogP contribution in [-0.4, -0.2) is 19.2 Å². The van der Waals surface area contributed by atoms with E-state index in [1.807, 2.05) is 6.07 Å². The highest BCUT2D eigenvalue weighted by atomic mass is 19.3. The number of benzene rings is 1. The third-order valence-corrected chi connectivity index (χ3v) is 3.35. The van der Waals surface area contributed by atoms with Crippen LogP contribution >= 0.6 is 0 Å². The zero-order valence-corrected chi connectivity index (χ0v) is 10.4. The van der Waals surface area contributed by atoms with Gasteiger partial charge in [0.25, 0.3) is 0 Å². The fourth-order valence-electron chi connectivity index (χ4n) is 2.38. The minimum absolute atomic E-state index is 0.0558. The van der Waals surface area contributed by atoms with E-state index in [1.165, 1.54) is 6.42 Å². The Kier molecular flexibility index (Phi) is 3.89. The van der Waals surface area contributed by atoms with Gasteiger partial charge in [-0.2, -0.15) is 8.78 Å². The van der Waals surface area contributed by atoms with Crippen LogP contribution in [0.4, 0.5) is 20.2 Å². The van der Waals surface area contributed by atoms with Crippen molar-refractivity contribution >= 4 is 11.4 Å². The fourth-order valence-corrected chi connectivity index (χ4v) is 2.38. The first-order valence-electron chi connectivity index (χ1n) is 6.19. The van der Waals surface area contributed by atoms with Crippen LogP contribution in [0.5, 0.6) is 5.75 Å². The molecule has 1 aromatic rings. The van der Waals surface area contributed by atoms with Gasteiger partial charge in [0.2, 0.25) is 0 Å². The van der Waals surface area contributed by atoms with E-state index in [-0.39, 0.29) is 11.4 Å². The molecule has 1 fully saturated rings. The Morgan fingerprint density at radius 2 is 2.17 bits per heavy atom. The van der Waals surface area contributed by atoms with Crippen LogP contribution in [0.1, 0.15) is 26.2 Å². The van der Waals surface area contributed by atoms with E-state index in [2.05, 4.69) is 16.6 Å². The Hall–Kier alpha value is -1.52. The first-order chi connectivity index (χ1) is 8.58. The SMILES string of the molecule is CC1CCCCN1c1ccc(N)c(OC(F)F)c1. The molecule has 0 spiro atoms. The summed E-state index contributed by atoms with van der Waals surface area (Å²) in [7, 11) is 0. The summed E-state index contributed by atoms with van der Waals surface area (Å²) in [4.78, 5) is 2.21. The van der Waals surface area contributed by atoms with Crippen molar-refractivity contribution in [3.05, 3.63) is 18.2 Å². The second kappa shape index (κ2) is 5.42. The number of ether oxygens (including phenoxy) is 1. The van der Waals surface area contributed by atoms with Crippen molar-refractivity contribution in [2.75, 3.05) is 17.2 Å². The molecule has 3 nitrogen and oxygen atoms in total. The summed E-state index contributed by atoms with van der Waals surface area (Å²) in [6.45, 7) is 0.240. The number of anilines is 2. The highest BCUT2D eigenvalue weighted by Crippen LogP contribution is 2.32. The quantitative estimate of drug-likeness (QED) is 0.844. The maximum absolute atomic E-state index is 12.3. The largest absolute Gasteiger partial charge is 0.433 e. The minimum atomic E-state index is -2.85. The zero-order chi connectivity index (χ0) is 13.1. The smallest absolute Gasteiger partial charge is 0.387 e. The number of nitrogens with zero attached hydrogens (tertiary/aromatic N) is 1. The molecular formula is C13H18F2N2O. The van der Waals surface area contributed by atoms with E-state index in [0.29, 0.717) is 6.04 Å². The molecule has 1 unspecified atom stereocenters. The van der Waals surface area contributed by atoms with Gasteiger partial charge in [0, 0.05) is 24.3 Å². The molecule has 100 valence electrons. The highest BCUT2D eigenvalue weighted by molar-refractivity contribution is 5.62. The number of alkyl halides is 2. The molecule has 0 saturated carbocycles. The molecule has 1 saturated heterocycles. The molecular weight excluding hydrogens is 238 g/mol. The number of hydrogen-bond acceptors (Lipinski definition) is 3. The molecule has 0 radical (unpaired) electrons. The Morgan fingerprint density at radius 3 is 2.83 bits per heavy atom. The summed E-state index contributed by atoms with van der Waals surface area (Å²) in [5.41, 5.74) is 6.76. The predicted octanol–water partition coefficient (Wildman–Crippen LogP) is 3.25. The van der Waals surface area contributed by atoms with Crippen LogP contribution in [0.2, 0.25) is 0 Å². The van der Waals surface area contributed by atoms with E-state index >= 15 is 0 Å². The summed E-state index contributed by atoms with van der Waals surface area (Å²) >= 11 is 0. The van der Waals surface area contributed by atoms with Crippen molar-refractivity contribution in [2.24, 2.45) is 0 Å². The Morgan fingerprint density at radius 1 is 1.39 bits per heavy atom. The van der Waals surface area contributed by atoms with Crippen LogP contribution < -0.4 is 15.4 Å². The number of nitrogen functional groups attached to an aromatic ring is 1. The summed E-state index contributed by atoms with van der Waals surface area (Å²) in [6, 6.07) is 5.49. The normalized spacial score (nSPS) is 20.2. The predicted molar refractivity (Wildman–Crippen MR) is 68.1 cm³/mol. The molecule has 0 bridgehead atoms. The Bertz CT molecular complexity index is 412. The van der Waals surface area contributed by atoms with Gasteiger partial charge in [-0.15, -0.1) is 0 Å². The van der Waals surface area contributed by atoms with Gasteiger partial charge in [-0.25, -0.2) is 0 Å². The maximum atomic E-state index is 12.3. The third kappa shape index (κ3) is 2.83. The van der Waals surface area contributed by atoms with Crippen LogP contribution in [0.15, 0.2) is 18.2 Å². The fraction of sp³-hybridized carbons (Fsp3) is 0.538. The molecule has 1 heterocycles. The topological polar surface area (TPSA) is 38.5 Å². The van der Waals surface area contributed by atoms with Crippen molar-refractivity contribution in [3.8, 4) is 5.75 Å². The molecule has 0 amide bonds. The van der Waals surface area contributed by atoms with Crippen LogP contribution in [0.25, 0.3) is 0 Å². The summed E-state index contributed by atoms with van der Waals surface area (Å²) < 4.78 is 28.9. The van der Waals surface area contributed by atoms with Crippen molar-refractivity contribution in [1.82, 2.24) is 0 Å². The Balaban J connectivity index is 2.22. The van der Waals surface area contributed by atoms with E-state index in [1.54, 1.807) is 12.1 Å². The maximum Gasteiger partial charge on any atom is 0.387 e. The molecule has 1 atom stereocenters. The number of piperidine rings is 1. The highest BCUT2D eigenvalue weighted by Gasteiger charge is 2.20. The second-order valence-electron chi connectivity index (χ2n) is 4.64. The minimum Gasteiger partial charge on any atom is -0.433 e. The van der Waals surface area contributed by atoms with Crippen LogP contribution in [-0.2, 0) is 0 Å². The lowest BCUT2D eigenvalue weighted by Crippen LogP contribution is -2.37. The number of halogens is 2. The Labute approximate surface area is 106 Å². The lowest BCUT2D eigenvalue weighted by atomic mass is 10.0. The van der Waals surface area contributed by atoms with Gasteiger partial charge in [-0.3, -0.25) is 0 Å². The number of nitrogens with two attached hydrogens (primary N) is 1. The molecule has 18 heavy (non-hydrogen) atoms. The van der Waals surface area contributed by atoms with Crippen molar-refractivity contribution < 1.29 is 13.5 Å².